The van der Waals surface area contributed by atoms with Crippen molar-refractivity contribution < 1.29 is 9.47 Å². The zero-order valence-electron chi connectivity index (χ0n) is 10.3. The Morgan fingerprint density at radius 2 is 2.18 bits per heavy atom. The molecular weight excluding hydrogens is 282 g/mol. The summed E-state index contributed by atoms with van der Waals surface area (Å²) < 4.78 is 11.8. The highest BCUT2D eigenvalue weighted by atomic mass is 79.9. The number of rotatable bonds is 6. The van der Waals surface area contributed by atoms with Crippen LogP contribution in [0.2, 0.25) is 0 Å². The van der Waals surface area contributed by atoms with Gasteiger partial charge in [0.2, 0.25) is 0 Å². The zero-order chi connectivity index (χ0) is 12.8. The van der Waals surface area contributed by atoms with Gasteiger partial charge in [0.1, 0.15) is 0 Å². The van der Waals surface area contributed by atoms with Crippen LogP contribution in [0.25, 0.3) is 0 Å². The largest absolute Gasteiger partial charge is 0.493 e. The van der Waals surface area contributed by atoms with Gasteiger partial charge in [0.15, 0.2) is 11.5 Å². The van der Waals surface area contributed by atoms with Crippen molar-refractivity contribution >= 4 is 15.9 Å². The summed E-state index contributed by atoms with van der Waals surface area (Å²) in [7, 11) is 1.62. The fourth-order valence-corrected chi connectivity index (χ4v) is 1.96. The lowest BCUT2D eigenvalue weighted by molar-refractivity contribution is 0.295. The van der Waals surface area contributed by atoms with E-state index in [1.165, 1.54) is 0 Å². The van der Waals surface area contributed by atoms with E-state index in [9.17, 15) is 0 Å². The van der Waals surface area contributed by atoms with Crippen LogP contribution in [-0.2, 0) is 6.54 Å². The molecule has 0 saturated carbocycles. The molecule has 0 bridgehead atoms. The lowest BCUT2D eigenvalue weighted by Crippen LogP contribution is -2.03. The predicted octanol–water partition coefficient (Wildman–Crippen LogP) is 3.26. The van der Waals surface area contributed by atoms with Crippen LogP contribution >= 0.6 is 15.9 Å². The van der Waals surface area contributed by atoms with Crippen molar-refractivity contribution in [2.24, 2.45) is 5.73 Å². The highest BCUT2D eigenvalue weighted by Crippen LogP contribution is 2.36. The summed E-state index contributed by atoms with van der Waals surface area (Å²) in [6.07, 6.45) is 0.828. The number of hydrogen-bond acceptors (Lipinski definition) is 3. The second kappa shape index (κ2) is 6.67. The second-order valence-corrected chi connectivity index (χ2v) is 4.72. The lowest BCUT2D eigenvalue weighted by Gasteiger charge is -2.14. The first-order valence-corrected chi connectivity index (χ1v) is 6.21. The maximum Gasteiger partial charge on any atom is 0.175 e. The van der Waals surface area contributed by atoms with E-state index in [1.54, 1.807) is 7.11 Å². The smallest absolute Gasteiger partial charge is 0.175 e. The Labute approximate surface area is 111 Å². The molecule has 4 heteroatoms. The van der Waals surface area contributed by atoms with E-state index in [2.05, 4.69) is 22.5 Å². The molecule has 17 heavy (non-hydrogen) atoms. The molecule has 2 N–H and O–H groups in total. The Kier molecular flexibility index (Phi) is 5.51. The SMILES string of the molecule is C=C(C)CCOc1c(Br)cc(CN)cc1OC. The van der Waals surface area contributed by atoms with E-state index in [0.717, 1.165) is 22.0 Å². The number of nitrogens with two attached hydrogens (primary N) is 1. The predicted molar refractivity (Wildman–Crippen MR) is 73.5 cm³/mol. The second-order valence-electron chi connectivity index (χ2n) is 3.87. The number of methoxy groups -OCH3 is 1. The third-order valence-corrected chi connectivity index (χ3v) is 2.89. The highest BCUT2D eigenvalue weighted by molar-refractivity contribution is 9.10. The average Bonchev–Trinajstić information content (AvgIpc) is 2.30. The molecule has 94 valence electrons. The van der Waals surface area contributed by atoms with E-state index >= 15 is 0 Å². The molecule has 1 aromatic carbocycles. The maximum atomic E-state index is 5.70. The molecule has 0 radical (unpaired) electrons. The molecule has 0 amide bonds. The van der Waals surface area contributed by atoms with Crippen LogP contribution in [0.1, 0.15) is 18.9 Å². The van der Waals surface area contributed by atoms with Gasteiger partial charge in [-0.25, -0.2) is 0 Å². The molecule has 0 heterocycles. The minimum atomic E-state index is 0.473. The van der Waals surface area contributed by atoms with Crippen molar-refractivity contribution in [3.63, 3.8) is 0 Å². The first-order chi connectivity index (χ1) is 8.08. The van der Waals surface area contributed by atoms with Crippen LogP contribution in [0.3, 0.4) is 0 Å². The molecule has 1 aromatic rings. The molecule has 0 aliphatic heterocycles. The molecule has 1 rings (SSSR count). The summed E-state index contributed by atoms with van der Waals surface area (Å²) in [5.41, 5.74) is 7.70. The highest BCUT2D eigenvalue weighted by Gasteiger charge is 2.11. The summed E-state index contributed by atoms with van der Waals surface area (Å²) >= 11 is 3.46. The van der Waals surface area contributed by atoms with Gasteiger partial charge >= 0.3 is 0 Å². The van der Waals surface area contributed by atoms with Crippen molar-refractivity contribution in [3.8, 4) is 11.5 Å². The standard InChI is InChI=1S/C13H18BrNO2/c1-9(2)4-5-17-13-11(14)6-10(8-15)7-12(13)16-3/h6-7H,1,4-5,8,15H2,2-3H3. The van der Waals surface area contributed by atoms with Gasteiger partial charge in [-0.3, -0.25) is 0 Å². The van der Waals surface area contributed by atoms with E-state index < -0.39 is 0 Å². The molecule has 0 atom stereocenters. The Hall–Kier alpha value is -1.00. The zero-order valence-corrected chi connectivity index (χ0v) is 11.8. The number of benzene rings is 1. The summed E-state index contributed by atoms with van der Waals surface area (Å²) in [4.78, 5) is 0. The molecule has 0 fully saturated rings. The van der Waals surface area contributed by atoms with E-state index in [-0.39, 0.29) is 0 Å². The summed E-state index contributed by atoms with van der Waals surface area (Å²) in [5, 5.41) is 0. The summed E-state index contributed by atoms with van der Waals surface area (Å²) in [5.74, 6) is 1.41. The molecule has 0 aliphatic carbocycles. The molecule has 0 aromatic heterocycles. The Morgan fingerprint density at radius 1 is 1.47 bits per heavy atom. The minimum absolute atomic E-state index is 0.473. The first kappa shape index (κ1) is 14.1. The van der Waals surface area contributed by atoms with Gasteiger partial charge in [0, 0.05) is 13.0 Å². The number of halogens is 1. The quantitative estimate of drug-likeness (QED) is 0.820. The van der Waals surface area contributed by atoms with Crippen molar-refractivity contribution in [3.05, 3.63) is 34.3 Å². The van der Waals surface area contributed by atoms with E-state index in [1.807, 2.05) is 19.1 Å². The van der Waals surface area contributed by atoms with E-state index in [4.69, 9.17) is 15.2 Å². The first-order valence-electron chi connectivity index (χ1n) is 5.42. The van der Waals surface area contributed by atoms with Gasteiger partial charge < -0.3 is 15.2 Å². The fraction of sp³-hybridized carbons (Fsp3) is 0.385. The molecular formula is C13H18BrNO2. The van der Waals surface area contributed by atoms with Crippen LogP contribution in [-0.4, -0.2) is 13.7 Å². The van der Waals surface area contributed by atoms with Gasteiger partial charge in [-0.05, 0) is 40.5 Å². The van der Waals surface area contributed by atoms with Crippen molar-refractivity contribution in [1.82, 2.24) is 0 Å². The number of ether oxygens (including phenoxy) is 2. The van der Waals surface area contributed by atoms with Crippen molar-refractivity contribution in [2.45, 2.75) is 19.9 Å². The monoisotopic (exact) mass is 299 g/mol. The Bertz CT molecular complexity index is 405. The third kappa shape index (κ3) is 4.06. The fourth-order valence-electron chi connectivity index (χ4n) is 1.36. The topological polar surface area (TPSA) is 44.5 Å². The third-order valence-electron chi connectivity index (χ3n) is 2.30. The van der Waals surface area contributed by atoms with Crippen LogP contribution in [0.5, 0.6) is 11.5 Å². The van der Waals surface area contributed by atoms with Crippen molar-refractivity contribution in [1.29, 1.82) is 0 Å². The molecule has 0 aliphatic rings. The van der Waals surface area contributed by atoms with Crippen LogP contribution in [0.4, 0.5) is 0 Å². The van der Waals surface area contributed by atoms with Gasteiger partial charge in [-0.15, -0.1) is 6.58 Å². The van der Waals surface area contributed by atoms with Crippen LogP contribution in [0.15, 0.2) is 28.8 Å². The van der Waals surface area contributed by atoms with Gasteiger partial charge in [0.05, 0.1) is 18.2 Å². The Morgan fingerprint density at radius 3 is 2.71 bits per heavy atom. The number of hydrogen-bond donors (Lipinski definition) is 1. The Balaban J connectivity index is 2.86. The lowest BCUT2D eigenvalue weighted by atomic mass is 10.2. The molecule has 3 nitrogen and oxygen atoms in total. The van der Waals surface area contributed by atoms with Crippen LogP contribution < -0.4 is 15.2 Å². The van der Waals surface area contributed by atoms with Crippen LogP contribution in [0, 0.1) is 0 Å². The summed E-state index contributed by atoms with van der Waals surface area (Å²) in [6.45, 7) is 6.88. The molecule has 0 unspecified atom stereocenters. The molecule has 0 saturated heterocycles. The van der Waals surface area contributed by atoms with Gasteiger partial charge in [-0.1, -0.05) is 5.57 Å². The normalized spacial score (nSPS) is 10.1. The summed E-state index contributed by atoms with van der Waals surface area (Å²) in [6, 6.07) is 3.83. The van der Waals surface area contributed by atoms with Gasteiger partial charge in [-0.2, -0.15) is 0 Å². The van der Waals surface area contributed by atoms with Gasteiger partial charge in [0.25, 0.3) is 0 Å². The maximum absolute atomic E-state index is 5.70. The molecule has 0 spiro atoms. The van der Waals surface area contributed by atoms with Crippen molar-refractivity contribution in [2.75, 3.05) is 13.7 Å². The van der Waals surface area contributed by atoms with E-state index in [0.29, 0.717) is 24.7 Å². The minimum Gasteiger partial charge on any atom is -0.493 e. The average molecular weight is 300 g/mol.